The molecule has 5 aromatic rings. The number of hydrogen-bond acceptors (Lipinski definition) is 8. The number of nitrogens with zero attached hydrogens (tertiary/aromatic N) is 1. The molecule has 0 radical (unpaired) electrons. The van der Waals surface area contributed by atoms with Crippen molar-refractivity contribution in [2.75, 3.05) is 33.8 Å². The van der Waals surface area contributed by atoms with E-state index in [1.807, 2.05) is 73.6 Å². The molecule has 10 heteroatoms. The summed E-state index contributed by atoms with van der Waals surface area (Å²) in [6.07, 6.45) is 3.13. The van der Waals surface area contributed by atoms with Gasteiger partial charge in [-0.1, -0.05) is 127 Å². The molecule has 1 aliphatic carbocycles. The predicted octanol–water partition coefficient (Wildman–Crippen LogP) is 8.35. The summed E-state index contributed by atoms with van der Waals surface area (Å²) < 4.78 is 35.0. The zero-order valence-electron chi connectivity index (χ0n) is 38.4. The van der Waals surface area contributed by atoms with Gasteiger partial charge < -0.3 is 39.2 Å². The molecule has 5 aromatic carbocycles. The van der Waals surface area contributed by atoms with E-state index >= 15 is 0 Å². The van der Waals surface area contributed by atoms with Gasteiger partial charge in [-0.3, -0.25) is 9.59 Å². The lowest BCUT2D eigenvalue weighted by Crippen LogP contribution is -2.65. The number of fused-ring (bicyclic) bond motifs is 2. The van der Waals surface area contributed by atoms with Crippen LogP contribution in [0.4, 0.5) is 0 Å². The van der Waals surface area contributed by atoms with Crippen molar-refractivity contribution in [2.45, 2.75) is 114 Å². The second kappa shape index (κ2) is 21.0. The SMILES string of the molecule is Cc1ccc([C@]23OC[C@](C)(O2)[C@@H](OCc2ccccc2)[C@H](OCc2ccccc2)[C@H]3OCc2ccccc2)cc1Cc1ccc(CCCC(=O)NC2(C(=O)NCCN(C)C)CCC2)cc1. The Morgan fingerprint density at radius 3 is 1.89 bits per heavy atom. The van der Waals surface area contributed by atoms with E-state index < -0.39 is 35.2 Å². The van der Waals surface area contributed by atoms with Gasteiger partial charge in [0.1, 0.15) is 29.5 Å². The molecule has 2 amide bonds. The minimum absolute atomic E-state index is 0.0654. The summed E-state index contributed by atoms with van der Waals surface area (Å²) in [7, 11) is 3.95. The molecule has 2 N–H and O–H groups in total. The van der Waals surface area contributed by atoms with Gasteiger partial charge in [0.05, 0.1) is 26.4 Å². The topological polar surface area (TPSA) is 108 Å². The van der Waals surface area contributed by atoms with Gasteiger partial charge in [-0.25, -0.2) is 0 Å². The molecule has 10 nitrogen and oxygen atoms in total. The highest BCUT2D eigenvalue weighted by Crippen LogP contribution is 2.53. The van der Waals surface area contributed by atoms with Gasteiger partial charge in [0.25, 0.3) is 0 Å². The van der Waals surface area contributed by atoms with E-state index in [1.54, 1.807) is 0 Å². The van der Waals surface area contributed by atoms with Crippen LogP contribution in [-0.4, -0.2) is 80.0 Å². The monoisotopic (exact) mass is 879 g/mol. The summed E-state index contributed by atoms with van der Waals surface area (Å²) in [5.41, 5.74) is 7.08. The first-order chi connectivity index (χ1) is 31.5. The number of carbonyl (C=O) groups is 2. The van der Waals surface area contributed by atoms with Crippen LogP contribution in [0.1, 0.15) is 83.5 Å². The van der Waals surface area contributed by atoms with E-state index in [-0.39, 0.29) is 11.8 Å². The maximum atomic E-state index is 13.0. The number of rotatable bonds is 21. The molecular formula is C55H65N3O7. The third-order valence-electron chi connectivity index (χ3n) is 13.3. The van der Waals surface area contributed by atoms with Gasteiger partial charge in [-0.15, -0.1) is 0 Å². The van der Waals surface area contributed by atoms with E-state index in [4.69, 9.17) is 23.7 Å². The average Bonchev–Trinajstić information content (AvgIpc) is 3.63. The largest absolute Gasteiger partial charge is 0.368 e. The fraction of sp³-hybridized carbons (Fsp3) is 0.418. The molecule has 2 heterocycles. The van der Waals surface area contributed by atoms with Crippen LogP contribution in [0.15, 0.2) is 133 Å². The highest BCUT2D eigenvalue weighted by atomic mass is 16.8. The van der Waals surface area contributed by atoms with Crippen LogP contribution in [0.3, 0.4) is 0 Å². The van der Waals surface area contributed by atoms with Gasteiger partial charge in [0.2, 0.25) is 17.6 Å². The Hall–Kier alpha value is -5.20. The van der Waals surface area contributed by atoms with Crippen LogP contribution >= 0.6 is 0 Å². The number of amides is 2. The lowest BCUT2D eigenvalue weighted by atomic mass is 9.75. The minimum atomic E-state index is -1.27. The van der Waals surface area contributed by atoms with E-state index in [9.17, 15) is 9.59 Å². The summed E-state index contributed by atoms with van der Waals surface area (Å²) in [6.45, 7) is 6.91. The molecule has 2 aliphatic heterocycles. The molecule has 342 valence electrons. The van der Waals surface area contributed by atoms with Gasteiger partial charge >= 0.3 is 0 Å². The third-order valence-corrected chi connectivity index (χ3v) is 13.3. The Balaban J connectivity index is 0.984. The summed E-state index contributed by atoms with van der Waals surface area (Å²) in [4.78, 5) is 28.0. The third kappa shape index (κ3) is 11.1. The Labute approximate surface area is 385 Å². The van der Waals surface area contributed by atoms with Crippen molar-refractivity contribution in [3.63, 3.8) is 0 Å². The number of hydrogen-bond donors (Lipinski definition) is 2. The molecule has 3 fully saturated rings. The van der Waals surface area contributed by atoms with Gasteiger partial charge in [-0.2, -0.15) is 0 Å². The smallest absolute Gasteiger partial charge is 0.245 e. The molecule has 8 rings (SSSR count). The maximum Gasteiger partial charge on any atom is 0.245 e. The van der Waals surface area contributed by atoms with Crippen molar-refractivity contribution in [1.82, 2.24) is 15.5 Å². The van der Waals surface area contributed by atoms with Crippen LogP contribution in [0.25, 0.3) is 0 Å². The van der Waals surface area contributed by atoms with Crippen molar-refractivity contribution < 1.29 is 33.3 Å². The fourth-order valence-corrected chi connectivity index (χ4v) is 9.31. The molecule has 3 aliphatic rings. The maximum absolute atomic E-state index is 13.0. The van der Waals surface area contributed by atoms with E-state index in [0.717, 1.165) is 52.8 Å². The number of likely N-dealkylation sites (N-methyl/N-ethyl adjacent to an activating group) is 1. The van der Waals surface area contributed by atoms with Crippen LogP contribution in [0, 0.1) is 6.92 Å². The van der Waals surface area contributed by atoms with Crippen LogP contribution < -0.4 is 10.6 Å². The molecule has 0 spiro atoms. The Bertz CT molecular complexity index is 2320. The Morgan fingerprint density at radius 1 is 0.723 bits per heavy atom. The number of ether oxygens (including phenoxy) is 5. The lowest BCUT2D eigenvalue weighted by molar-refractivity contribution is -0.346. The second-order valence-corrected chi connectivity index (χ2v) is 18.6. The van der Waals surface area contributed by atoms with Crippen molar-refractivity contribution >= 4 is 11.8 Å². The van der Waals surface area contributed by atoms with Gasteiger partial charge in [0, 0.05) is 25.1 Å². The number of carbonyl (C=O) groups excluding carboxylic acids is 2. The normalized spacial score (nSPS) is 23.2. The van der Waals surface area contributed by atoms with Crippen LogP contribution in [-0.2, 0) is 71.7 Å². The van der Waals surface area contributed by atoms with Crippen molar-refractivity contribution in [3.05, 3.63) is 178 Å². The van der Waals surface area contributed by atoms with Gasteiger partial charge in [0.15, 0.2) is 0 Å². The first-order valence-electron chi connectivity index (χ1n) is 23.3. The molecule has 1 saturated carbocycles. The minimum Gasteiger partial charge on any atom is -0.368 e. The van der Waals surface area contributed by atoms with Gasteiger partial charge in [-0.05, 0) is 111 Å². The zero-order chi connectivity index (χ0) is 45.3. The Morgan fingerprint density at radius 2 is 1.31 bits per heavy atom. The molecule has 0 unspecified atom stereocenters. The van der Waals surface area contributed by atoms with Crippen molar-refractivity contribution in [3.8, 4) is 0 Å². The molecule has 65 heavy (non-hydrogen) atoms. The van der Waals surface area contributed by atoms with Crippen molar-refractivity contribution in [1.29, 1.82) is 0 Å². The molecule has 5 atom stereocenters. The van der Waals surface area contributed by atoms with Crippen molar-refractivity contribution in [2.24, 2.45) is 0 Å². The highest BCUT2D eigenvalue weighted by Gasteiger charge is 2.67. The molecule has 2 saturated heterocycles. The predicted molar refractivity (Wildman–Crippen MR) is 252 cm³/mol. The summed E-state index contributed by atoms with van der Waals surface area (Å²) in [6, 6.07) is 45.7. The zero-order valence-corrected chi connectivity index (χ0v) is 38.4. The first-order valence-corrected chi connectivity index (χ1v) is 23.3. The number of benzene rings is 5. The van der Waals surface area contributed by atoms with Crippen LogP contribution in [0.5, 0.6) is 0 Å². The lowest BCUT2D eigenvalue weighted by Gasteiger charge is -2.50. The molecule has 2 bridgehead atoms. The summed E-state index contributed by atoms with van der Waals surface area (Å²) in [5.74, 6) is -1.41. The number of aryl methyl sites for hydroxylation is 2. The Kier molecular flexibility index (Phi) is 14.9. The standard InChI is InChI=1S/C55H65N3O7/c1-40-24-29-47(35-46(40)34-42-27-25-41(26-28-42)22-14-23-48(59)57-54(30-15-31-54)52(60)56-32-33-58(3)4)55-51(63-38-45-20-12-7-13-21-45)49(61-36-43-16-8-5-9-17-43)50(53(2,65-55)39-64-55)62-37-44-18-10-6-11-19-44/h5-13,16-21,24-29,35,49-51H,14-15,22-23,30-34,36-39H2,1-4H3,(H,56,60)(H,57,59)/t49-,50-,51+,53-,55-/m0/s1. The highest BCUT2D eigenvalue weighted by molar-refractivity contribution is 5.92. The van der Waals surface area contributed by atoms with E-state index in [0.29, 0.717) is 65.1 Å². The fourth-order valence-electron chi connectivity index (χ4n) is 9.31. The summed E-state index contributed by atoms with van der Waals surface area (Å²) in [5, 5.41) is 6.09. The van der Waals surface area contributed by atoms with Crippen LogP contribution in [0.2, 0.25) is 0 Å². The first kappa shape index (κ1) is 46.3. The average molecular weight is 880 g/mol. The molecule has 0 aromatic heterocycles. The molecular weight excluding hydrogens is 815 g/mol. The van der Waals surface area contributed by atoms with E-state index in [2.05, 4.69) is 103 Å². The second-order valence-electron chi connectivity index (χ2n) is 18.6. The quantitative estimate of drug-likeness (QED) is 0.0758. The van der Waals surface area contributed by atoms with E-state index in [1.165, 1.54) is 11.1 Å². The number of nitrogens with one attached hydrogen (secondary N) is 2. The summed E-state index contributed by atoms with van der Waals surface area (Å²) >= 11 is 0.